The Morgan fingerprint density at radius 3 is 2.68 bits per heavy atom. The number of nitro benzene ring substituents is 1. The molecule has 0 atom stereocenters. The van der Waals surface area contributed by atoms with Gasteiger partial charge in [0, 0.05) is 48.6 Å². The van der Waals surface area contributed by atoms with Gasteiger partial charge in [-0.2, -0.15) is 0 Å². The Kier molecular flexibility index (Phi) is 4.49. The first-order valence-electron chi connectivity index (χ1n) is 5.95. The van der Waals surface area contributed by atoms with Crippen LogP contribution >= 0.6 is 15.9 Å². The van der Waals surface area contributed by atoms with Crippen molar-refractivity contribution >= 4 is 27.3 Å². The Morgan fingerprint density at radius 1 is 1.42 bits per heavy atom. The van der Waals surface area contributed by atoms with Crippen LogP contribution in [0, 0.1) is 10.1 Å². The first-order chi connectivity index (χ1) is 9.10. The van der Waals surface area contributed by atoms with Crippen LogP contribution in [0.25, 0.3) is 0 Å². The summed E-state index contributed by atoms with van der Waals surface area (Å²) < 4.78 is 0.705. The summed E-state index contributed by atoms with van der Waals surface area (Å²) in [5.41, 5.74) is 1.63. The molecule has 7 heteroatoms. The van der Waals surface area contributed by atoms with Gasteiger partial charge in [0.05, 0.1) is 10.6 Å². The first-order valence-corrected chi connectivity index (χ1v) is 6.74. The Bertz CT molecular complexity index is 509. The maximum absolute atomic E-state index is 11.0. The number of hydrogen-bond acceptors (Lipinski definition) is 5. The molecule has 0 amide bonds. The summed E-state index contributed by atoms with van der Waals surface area (Å²) in [6, 6.07) is 5.12. The summed E-state index contributed by atoms with van der Waals surface area (Å²) in [4.78, 5) is 12.8. The number of likely N-dealkylation sites (tertiary alicyclic amines) is 1. The lowest BCUT2D eigenvalue weighted by Crippen LogP contribution is -2.33. The molecule has 102 valence electrons. The molecular formula is C12H14BrN3O3. The van der Waals surface area contributed by atoms with Crippen molar-refractivity contribution in [1.29, 1.82) is 0 Å². The molecule has 1 aromatic rings. The van der Waals surface area contributed by atoms with Crippen LogP contribution in [0.4, 0.5) is 5.69 Å². The van der Waals surface area contributed by atoms with Crippen molar-refractivity contribution in [2.45, 2.75) is 19.4 Å². The molecule has 1 N–H and O–H groups in total. The van der Waals surface area contributed by atoms with Gasteiger partial charge < -0.3 is 5.21 Å². The highest BCUT2D eigenvalue weighted by Gasteiger charge is 2.20. The highest BCUT2D eigenvalue weighted by atomic mass is 79.9. The summed E-state index contributed by atoms with van der Waals surface area (Å²) >= 11 is 3.25. The zero-order valence-corrected chi connectivity index (χ0v) is 11.8. The minimum Gasteiger partial charge on any atom is -0.411 e. The van der Waals surface area contributed by atoms with Crippen molar-refractivity contribution in [2.75, 3.05) is 13.1 Å². The van der Waals surface area contributed by atoms with Crippen LogP contribution in [0.1, 0.15) is 18.4 Å². The van der Waals surface area contributed by atoms with E-state index < -0.39 is 0 Å². The Balaban J connectivity index is 2.09. The molecule has 0 spiro atoms. The fourth-order valence-electron chi connectivity index (χ4n) is 2.15. The van der Waals surface area contributed by atoms with Gasteiger partial charge >= 0.3 is 0 Å². The number of rotatable bonds is 3. The normalized spacial score (nSPS) is 16.4. The van der Waals surface area contributed by atoms with E-state index in [9.17, 15) is 10.1 Å². The predicted molar refractivity (Wildman–Crippen MR) is 74.5 cm³/mol. The molecule has 2 rings (SSSR count). The molecular weight excluding hydrogens is 314 g/mol. The summed E-state index contributed by atoms with van der Waals surface area (Å²) in [5.74, 6) is 0. The third-order valence-corrected chi connectivity index (χ3v) is 3.71. The molecule has 1 heterocycles. The number of hydrogen-bond donors (Lipinski definition) is 1. The monoisotopic (exact) mass is 327 g/mol. The molecule has 0 saturated carbocycles. The number of oxime groups is 1. The van der Waals surface area contributed by atoms with Crippen LogP contribution in [0.2, 0.25) is 0 Å². The van der Waals surface area contributed by atoms with E-state index >= 15 is 0 Å². The number of nitrogens with zero attached hydrogens (tertiary/aromatic N) is 3. The predicted octanol–water partition coefficient (Wildman–Crippen LogP) is 2.78. The molecule has 0 unspecified atom stereocenters. The molecule has 0 radical (unpaired) electrons. The number of halogens is 1. The lowest BCUT2D eigenvalue weighted by Gasteiger charge is -2.26. The zero-order valence-electron chi connectivity index (χ0n) is 10.3. The molecule has 19 heavy (non-hydrogen) atoms. The summed E-state index contributed by atoms with van der Waals surface area (Å²) in [5, 5.41) is 22.9. The lowest BCUT2D eigenvalue weighted by molar-refractivity contribution is -0.385. The summed E-state index contributed by atoms with van der Waals surface area (Å²) in [7, 11) is 0. The van der Waals surface area contributed by atoms with Gasteiger partial charge in [-0.1, -0.05) is 21.1 Å². The van der Waals surface area contributed by atoms with Crippen LogP contribution in [0.5, 0.6) is 0 Å². The van der Waals surface area contributed by atoms with Crippen LogP contribution in [0.3, 0.4) is 0 Å². The molecule has 1 aliphatic heterocycles. The molecule has 1 saturated heterocycles. The summed E-state index contributed by atoms with van der Waals surface area (Å²) in [6.45, 7) is 2.06. The molecule has 0 aliphatic carbocycles. The second-order valence-electron chi connectivity index (χ2n) is 4.47. The number of piperidine rings is 1. The van der Waals surface area contributed by atoms with E-state index in [4.69, 9.17) is 5.21 Å². The largest absolute Gasteiger partial charge is 0.411 e. The van der Waals surface area contributed by atoms with Gasteiger partial charge in [-0.3, -0.25) is 15.0 Å². The fourth-order valence-corrected chi connectivity index (χ4v) is 2.50. The quantitative estimate of drug-likeness (QED) is 0.526. The van der Waals surface area contributed by atoms with E-state index in [1.54, 1.807) is 6.07 Å². The SMILES string of the molecule is O=[N+]([O-])c1cc(Br)ccc1CN1CCC(=NO)CC1. The standard InChI is InChI=1S/C12H14BrN3O3/c13-10-2-1-9(12(7-10)16(18)19)8-15-5-3-11(14-17)4-6-15/h1-2,7,17H,3-6,8H2. The van der Waals surface area contributed by atoms with Gasteiger partial charge in [-0.05, 0) is 12.1 Å². The van der Waals surface area contributed by atoms with Crippen molar-refractivity contribution < 1.29 is 10.1 Å². The lowest BCUT2D eigenvalue weighted by atomic mass is 10.1. The van der Waals surface area contributed by atoms with E-state index in [0.29, 0.717) is 29.4 Å². The van der Waals surface area contributed by atoms with Crippen molar-refractivity contribution in [3.05, 3.63) is 38.3 Å². The Labute approximate surface area is 119 Å². The van der Waals surface area contributed by atoms with E-state index in [2.05, 4.69) is 26.0 Å². The van der Waals surface area contributed by atoms with Crippen LogP contribution in [0.15, 0.2) is 27.8 Å². The van der Waals surface area contributed by atoms with Crippen LogP contribution < -0.4 is 0 Å². The maximum atomic E-state index is 11.0. The summed E-state index contributed by atoms with van der Waals surface area (Å²) in [6.07, 6.45) is 1.42. The molecule has 1 aliphatic rings. The topological polar surface area (TPSA) is 79.0 Å². The van der Waals surface area contributed by atoms with Gasteiger partial charge in [-0.15, -0.1) is 0 Å². The van der Waals surface area contributed by atoms with Crippen molar-refractivity contribution in [1.82, 2.24) is 4.90 Å². The van der Waals surface area contributed by atoms with E-state index in [-0.39, 0.29) is 10.6 Å². The van der Waals surface area contributed by atoms with Crippen LogP contribution in [-0.2, 0) is 6.54 Å². The highest BCUT2D eigenvalue weighted by Crippen LogP contribution is 2.25. The fraction of sp³-hybridized carbons (Fsp3) is 0.417. The molecule has 1 aromatic carbocycles. The highest BCUT2D eigenvalue weighted by molar-refractivity contribution is 9.10. The average molecular weight is 328 g/mol. The average Bonchev–Trinajstić information content (AvgIpc) is 2.41. The number of benzene rings is 1. The van der Waals surface area contributed by atoms with Gasteiger partial charge in [-0.25, -0.2) is 0 Å². The third kappa shape index (κ3) is 3.51. The maximum Gasteiger partial charge on any atom is 0.275 e. The van der Waals surface area contributed by atoms with Gasteiger partial charge in [0.25, 0.3) is 5.69 Å². The van der Waals surface area contributed by atoms with Gasteiger partial charge in [0.15, 0.2) is 0 Å². The van der Waals surface area contributed by atoms with Gasteiger partial charge in [0.2, 0.25) is 0 Å². The van der Waals surface area contributed by atoms with Crippen molar-refractivity contribution in [2.24, 2.45) is 5.16 Å². The van der Waals surface area contributed by atoms with Gasteiger partial charge in [0.1, 0.15) is 0 Å². The second kappa shape index (κ2) is 6.12. The number of nitro groups is 1. The Hall–Kier alpha value is -1.47. The van der Waals surface area contributed by atoms with Crippen molar-refractivity contribution in [3.8, 4) is 0 Å². The zero-order chi connectivity index (χ0) is 13.8. The van der Waals surface area contributed by atoms with E-state index in [0.717, 1.165) is 18.8 Å². The first kappa shape index (κ1) is 14.0. The molecule has 0 aromatic heterocycles. The van der Waals surface area contributed by atoms with Crippen LogP contribution in [-0.4, -0.2) is 33.8 Å². The smallest absolute Gasteiger partial charge is 0.275 e. The van der Waals surface area contributed by atoms with E-state index in [1.165, 1.54) is 6.07 Å². The second-order valence-corrected chi connectivity index (χ2v) is 5.39. The van der Waals surface area contributed by atoms with E-state index in [1.807, 2.05) is 6.07 Å². The molecule has 6 nitrogen and oxygen atoms in total. The van der Waals surface area contributed by atoms with Crippen molar-refractivity contribution in [3.63, 3.8) is 0 Å². The molecule has 1 fully saturated rings. The Morgan fingerprint density at radius 2 is 2.11 bits per heavy atom. The minimum atomic E-state index is -0.356. The molecule has 0 bridgehead atoms. The minimum absolute atomic E-state index is 0.135. The third-order valence-electron chi connectivity index (χ3n) is 3.21.